The molecule has 0 fully saturated rings. The van der Waals surface area contributed by atoms with Gasteiger partial charge in [-0.25, -0.2) is 0 Å². The Hall–Kier alpha value is -1.68. The second kappa shape index (κ2) is 7.80. The predicted molar refractivity (Wildman–Crippen MR) is 79.2 cm³/mol. The summed E-state index contributed by atoms with van der Waals surface area (Å²) in [5.41, 5.74) is 1.90. The number of carbonyl (C=O) groups excluding carboxylic acids is 1. The molecule has 0 aliphatic carbocycles. The van der Waals surface area contributed by atoms with E-state index in [2.05, 4.69) is 19.2 Å². The molecule has 4 nitrogen and oxygen atoms in total. The van der Waals surface area contributed by atoms with E-state index >= 15 is 0 Å². The molecule has 0 spiro atoms. The highest BCUT2D eigenvalue weighted by Gasteiger charge is 2.14. The Morgan fingerprint density at radius 2 is 1.75 bits per heavy atom. The summed E-state index contributed by atoms with van der Waals surface area (Å²) >= 11 is 0. The monoisotopic (exact) mass is 277 g/mol. The molecule has 0 radical (unpaired) electrons. The average Bonchev–Trinajstić information content (AvgIpc) is 2.42. The molecule has 0 bridgehead atoms. The van der Waals surface area contributed by atoms with Crippen molar-refractivity contribution >= 4 is 11.8 Å². The third-order valence-corrected chi connectivity index (χ3v) is 3.27. The van der Waals surface area contributed by atoms with Crippen LogP contribution in [-0.2, 0) is 4.79 Å². The van der Waals surface area contributed by atoms with Gasteiger partial charge in [0.1, 0.15) is 0 Å². The third-order valence-electron chi connectivity index (χ3n) is 3.27. The number of hydrogen-bond acceptors (Lipinski definition) is 3. The number of nitrogens with one attached hydrogen (secondary N) is 1. The van der Waals surface area contributed by atoms with Crippen LogP contribution in [0.15, 0.2) is 24.3 Å². The molecule has 0 aliphatic rings. The molecule has 2 N–H and O–H groups in total. The fourth-order valence-electron chi connectivity index (χ4n) is 1.93. The Morgan fingerprint density at radius 3 is 2.25 bits per heavy atom. The molecule has 0 heterocycles. The third kappa shape index (κ3) is 5.13. The molecule has 1 rings (SSSR count). The molecule has 0 saturated heterocycles. The summed E-state index contributed by atoms with van der Waals surface area (Å²) in [6.07, 6.45) is 0.649. The van der Waals surface area contributed by atoms with Crippen LogP contribution in [0.4, 0.5) is 0 Å². The first-order chi connectivity index (χ1) is 9.41. The number of aliphatic carboxylic acids is 1. The Labute approximate surface area is 120 Å². The number of benzene rings is 1. The van der Waals surface area contributed by atoms with E-state index in [-0.39, 0.29) is 18.2 Å². The summed E-state index contributed by atoms with van der Waals surface area (Å²) < 4.78 is 0. The highest BCUT2D eigenvalue weighted by molar-refractivity contribution is 5.99. The van der Waals surface area contributed by atoms with E-state index in [1.54, 1.807) is 6.92 Å². The minimum atomic E-state index is -0.810. The highest BCUT2D eigenvalue weighted by Crippen LogP contribution is 2.15. The van der Waals surface area contributed by atoms with Gasteiger partial charge in [0.2, 0.25) is 0 Å². The summed E-state index contributed by atoms with van der Waals surface area (Å²) in [5, 5.41) is 11.6. The maximum Gasteiger partial charge on any atom is 0.303 e. The van der Waals surface area contributed by atoms with E-state index in [1.807, 2.05) is 24.3 Å². The standard InChI is InChI=1S/C16H23NO3/c1-11(2)13-6-8-14(9-7-13)16(20)12(3)17-10-4-5-15(18)19/h6-9,11-12,17H,4-5,10H2,1-3H3,(H,18,19). The van der Waals surface area contributed by atoms with Crippen molar-refractivity contribution in [3.8, 4) is 0 Å². The van der Waals surface area contributed by atoms with Crippen molar-refractivity contribution in [2.75, 3.05) is 6.54 Å². The molecule has 1 aromatic carbocycles. The normalized spacial score (nSPS) is 12.4. The number of hydrogen-bond donors (Lipinski definition) is 2. The van der Waals surface area contributed by atoms with Crippen LogP contribution >= 0.6 is 0 Å². The second-order valence-electron chi connectivity index (χ2n) is 5.31. The lowest BCUT2D eigenvalue weighted by atomic mass is 9.99. The number of rotatable bonds is 8. The van der Waals surface area contributed by atoms with Crippen molar-refractivity contribution in [3.63, 3.8) is 0 Å². The molecular weight excluding hydrogens is 254 g/mol. The molecule has 110 valence electrons. The van der Waals surface area contributed by atoms with Crippen LogP contribution in [0.2, 0.25) is 0 Å². The van der Waals surface area contributed by atoms with Gasteiger partial charge in [-0.1, -0.05) is 38.1 Å². The lowest BCUT2D eigenvalue weighted by Gasteiger charge is -2.13. The van der Waals surface area contributed by atoms with Gasteiger partial charge >= 0.3 is 5.97 Å². The topological polar surface area (TPSA) is 66.4 Å². The van der Waals surface area contributed by atoms with E-state index < -0.39 is 5.97 Å². The summed E-state index contributed by atoms with van der Waals surface area (Å²) in [5.74, 6) is -0.323. The maximum atomic E-state index is 12.2. The van der Waals surface area contributed by atoms with Gasteiger partial charge in [0.05, 0.1) is 6.04 Å². The molecule has 1 aromatic rings. The molecule has 0 amide bonds. The fourth-order valence-corrected chi connectivity index (χ4v) is 1.93. The van der Waals surface area contributed by atoms with Crippen LogP contribution in [0, 0.1) is 0 Å². The SMILES string of the molecule is CC(NCCCC(=O)O)C(=O)c1ccc(C(C)C)cc1. The molecule has 1 unspecified atom stereocenters. The lowest BCUT2D eigenvalue weighted by Crippen LogP contribution is -2.34. The molecule has 20 heavy (non-hydrogen) atoms. The van der Waals surface area contributed by atoms with Crippen molar-refractivity contribution in [2.45, 2.75) is 45.6 Å². The number of carbonyl (C=O) groups is 2. The lowest BCUT2D eigenvalue weighted by molar-refractivity contribution is -0.137. The molecule has 4 heteroatoms. The van der Waals surface area contributed by atoms with Crippen molar-refractivity contribution in [1.82, 2.24) is 5.32 Å². The Morgan fingerprint density at radius 1 is 1.15 bits per heavy atom. The molecule has 0 aliphatic heterocycles. The van der Waals surface area contributed by atoms with Crippen LogP contribution in [0.25, 0.3) is 0 Å². The molecule has 0 aromatic heterocycles. The van der Waals surface area contributed by atoms with Crippen LogP contribution in [0.1, 0.15) is 55.5 Å². The maximum absolute atomic E-state index is 12.2. The van der Waals surface area contributed by atoms with E-state index in [0.717, 1.165) is 0 Å². The van der Waals surface area contributed by atoms with E-state index in [9.17, 15) is 9.59 Å². The molecule has 1 atom stereocenters. The van der Waals surface area contributed by atoms with Gasteiger partial charge in [0.15, 0.2) is 5.78 Å². The Bertz CT molecular complexity index is 451. The van der Waals surface area contributed by atoms with Crippen molar-refractivity contribution in [1.29, 1.82) is 0 Å². The minimum Gasteiger partial charge on any atom is -0.481 e. The number of Topliss-reactive ketones (excluding diaryl/α,β-unsaturated/α-hetero) is 1. The second-order valence-corrected chi connectivity index (χ2v) is 5.31. The van der Waals surface area contributed by atoms with E-state index in [0.29, 0.717) is 24.4 Å². The van der Waals surface area contributed by atoms with Gasteiger partial charge in [0, 0.05) is 12.0 Å². The first-order valence-corrected chi connectivity index (χ1v) is 7.01. The van der Waals surface area contributed by atoms with Crippen LogP contribution in [0.3, 0.4) is 0 Å². The number of carboxylic acids is 1. The first-order valence-electron chi connectivity index (χ1n) is 7.01. The average molecular weight is 277 g/mol. The fraction of sp³-hybridized carbons (Fsp3) is 0.500. The Balaban J connectivity index is 2.49. The summed E-state index contributed by atoms with van der Waals surface area (Å²) in [7, 11) is 0. The summed E-state index contributed by atoms with van der Waals surface area (Å²) in [6, 6.07) is 7.37. The van der Waals surface area contributed by atoms with Crippen LogP contribution in [0.5, 0.6) is 0 Å². The number of ketones is 1. The van der Waals surface area contributed by atoms with Gasteiger partial charge in [-0.2, -0.15) is 0 Å². The first kappa shape index (κ1) is 16.4. The largest absolute Gasteiger partial charge is 0.481 e. The predicted octanol–water partition coefficient (Wildman–Crippen LogP) is 2.84. The van der Waals surface area contributed by atoms with E-state index in [1.165, 1.54) is 5.56 Å². The summed E-state index contributed by atoms with van der Waals surface area (Å²) in [4.78, 5) is 22.6. The minimum absolute atomic E-state index is 0.0376. The van der Waals surface area contributed by atoms with Gasteiger partial charge in [0.25, 0.3) is 0 Å². The van der Waals surface area contributed by atoms with Crippen molar-refractivity contribution in [3.05, 3.63) is 35.4 Å². The van der Waals surface area contributed by atoms with Crippen LogP contribution in [-0.4, -0.2) is 29.4 Å². The van der Waals surface area contributed by atoms with Crippen molar-refractivity contribution in [2.24, 2.45) is 0 Å². The highest BCUT2D eigenvalue weighted by atomic mass is 16.4. The quantitative estimate of drug-likeness (QED) is 0.566. The zero-order chi connectivity index (χ0) is 15.1. The Kier molecular flexibility index (Phi) is 6.39. The zero-order valence-electron chi connectivity index (χ0n) is 12.3. The van der Waals surface area contributed by atoms with Gasteiger partial charge in [-0.05, 0) is 31.4 Å². The van der Waals surface area contributed by atoms with Crippen molar-refractivity contribution < 1.29 is 14.7 Å². The van der Waals surface area contributed by atoms with Gasteiger partial charge < -0.3 is 10.4 Å². The molecular formula is C16H23NO3. The number of carboxylic acid groups (broad SMARTS) is 1. The summed E-state index contributed by atoms with van der Waals surface area (Å²) in [6.45, 7) is 6.57. The van der Waals surface area contributed by atoms with Gasteiger partial charge in [-0.3, -0.25) is 9.59 Å². The smallest absolute Gasteiger partial charge is 0.303 e. The molecule has 0 saturated carbocycles. The van der Waals surface area contributed by atoms with Crippen LogP contribution < -0.4 is 5.32 Å². The van der Waals surface area contributed by atoms with E-state index in [4.69, 9.17) is 5.11 Å². The van der Waals surface area contributed by atoms with Gasteiger partial charge in [-0.15, -0.1) is 0 Å². The zero-order valence-corrected chi connectivity index (χ0v) is 12.3.